The van der Waals surface area contributed by atoms with Gasteiger partial charge in [-0.1, -0.05) is 0 Å². The molecular weight excluding hydrogens is 375 g/mol. The molecule has 0 spiro atoms. The fraction of sp³-hybridized carbons (Fsp3) is 0.333. The highest BCUT2D eigenvalue weighted by Crippen LogP contribution is 2.35. The number of nitrogens with zero attached hydrogens (tertiary/aromatic N) is 5. The molecule has 2 aromatic heterocycles. The number of nitro groups is 1. The minimum atomic E-state index is -4.47. The normalized spacial score (nSPS) is 17.8. The Morgan fingerprint density at radius 1 is 1.21 bits per heavy atom. The minimum Gasteiger partial charge on any atom is -0.368 e. The summed E-state index contributed by atoms with van der Waals surface area (Å²) in [5.74, 6) is 0. The smallest absolute Gasteiger partial charge is 0.368 e. The number of aromatic nitrogens is 3. The second-order valence-corrected chi connectivity index (χ2v) is 6.68. The largest absolute Gasteiger partial charge is 0.435 e. The zero-order valence-corrected chi connectivity index (χ0v) is 14.6. The van der Waals surface area contributed by atoms with Crippen molar-refractivity contribution in [3.05, 3.63) is 58.5 Å². The second-order valence-electron chi connectivity index (χ2n) is 6.68. The van der Waals surface area contributed by atoms with Crippen LogP contribution in [0.15, 0.2) is 42.7 Å². The van der Waals surface area contributed by atoms with Gasteiger partial charge in [-0.25, -0.2) is 0 Å². The van der Waals surface area contributed by atoms with E-state index in [-0.39, 0.29) is 11.7 Å². The zero-order chi connectivity index (χ0) is 19.9. The lowest BCUT2D eigenvalue weighted by Crippen LogP contribution is -2.37. The third-order valence-electron chi connectivity index (χ3n) is 4.93. The molecule has 1 unspecified atom stereocenters. The third kappa shape index (κ3) is 3.25. The van der Waals surface area contributed by atoms with E-state index in [9.17, 15) is 23.3 Å². The molecule has 10 heteroatoms. The number of piperidine rings is 1. The van der Waals surface area contributed by atoms with Gasteiger partial charge in [0.1, 0.15) is 5.52 Å². The predicted molar refractivity (Wildman–Crippen MR) is 96.1 cm³/mol. The molecule has 0 N–H and O–H groups in total. The molecule has 0 aliphatic carbocycles. The van der Waals surface area contributed by atoms with Gasteiger partial charge in [0.2, 0.25) is 0 Å². The van der Waals surface area contributed by atoms with Gasteiger partial charge in [-0.15, -0.1) is 0 Å². The molecule has 3 aromatic rings. The quantitative estimate of drug-likeness (QED) is 0.494. The number of fused-ring (bicyclic) bond motifs is 1. The van der Waals surface area contributed by atoms with Crippen LogP contribution in [0.3, 0.4) is 0 Å². The standard InChI is InChI=1S/C18H16F3N5O2/c19-18(20,21)16-7-10-25(23-16)12-3-2-9-24(11-12)15-6-5-14(26(27)28)13-4-1-8-22-17(13)15/h1,4-8,10,12H,2-3,9,11H2. The van der Waals surface area contributed by atoms with Gasteiger partial charge in [0.05, 0.1) is 22.0 Å². The number of hydrogen-bond acceptors (Lipinski definition) is 5. The predicted octanol–water partition coefficient (Wildman–Crippen LogP) is 4.20. The van der Waals surface area contributed by atoms with Crippen LogP contribution >= 0.6 is 0 Å². The van der Waals surface area contributed by atoms with Crippen molar-refractivity contribution in [2.75, 3.05) is 18.0 Å². The van der Waals surface area contributed by atoms with E-state index >= 15 is 0 Å². The Morgan fingerprint density at radius 2 is 2.04 bits per heavy atom. The Labute approximate surface area is 157 Å². The zero-order valence-electron chi connectivity index (χ0n) is 14.6. The monoisotopic (exact) mass is 391 g/mol. The average molecular weight is 391 g/mol. The van der Waals surface area contributed by atoms with Gasteiger partial charge in [0, 0.05) is 31.5 Å². The number of rotatable bonds is 3. The summed E-state index contributed by atoms with van der Waals surface area (Å²) < 4.78 is 39.9. The van der Waals surface area contributed by atoms with Crippen LogP contribution in [0.25, 0.3) is 10.9 Å². The Morgan fingerprint density at radius 3 is 2.75 bits per heavy atom. The van der Waals surface area contributed by atoms with Gasteiger partial charge < -0.3 is 4.90 Å². The number of non-ortho nitro benzene ring substituents is 1. The number of benzene rings is 1. The van der Waals surface area contributed by atoms with E-state index in [1.54, 1.807) is 24.4 Å². The summed E-state index contributed by atoms with van der Waals surface area (Å²) in [7, 11) is 0. The van der Waals surface area contributed by atoms with Gasteiger partial charge in [-0.05, 0) is 37.1 Å². The lowest BCUT2D eigenvalue weighted by Gasteiger charge is -2.34. The lowest BCUT2D eigenvalue weighted by molar-refractivity contribution is -0.383. The van der Waals surface area contributed by atoms with Crippen LogP contribution in [0.1, 0.15) is 24.6 Å². The van der Waals surface area contributed by atoms with Crippen LogP contribution < -0.4 is 4.90 Å². The van der Waals surface area contributed by atoms with E-state index in [0.717, 1.165) is 18.2 Å². The Hall–Kier alpha value is -3.17. The van der Waals surface area contributed by atoms with Crippen molar-refractivity contribution in [3.8, 4) is 0 Å². The fourth-order valence-corrected chi connectivity index (χ4v) is 3.64. The van der Waals surface area contributed by atoms with Crippen LogP contribution in [0.4, 0.5) is 24.5 Å². The number of alkyl halides is 3. The van der Waals surface area contributed by atoms with Crippen molar-refractivity contribution in [1.82, 2.24) is 14.8 Å². The molecule has 0 bridgehead atoms. The van der Waals surface area contributed by atoms with Crippen molar-refractivity contribution >= 4 is 22.3 Å². The molecular formula is C18H16F3N5O2. The van der Waals surface area contributed by atoms with Gasteiger partial charge in [-0.2, -0.15) is 18.3 Å². The molecule has 4 rings (SSSR count). The maximum absolute atomic E-state index is 12.8. The molecule has 1 aromatic carbocycles. The highest BCUT2D eigenvalue weighted by Gasteiger charge is 2.34. The summed E-state index contributed by atoms with van der Waals surface area (Å²) in [6.07, 6.45) is -0.0909. The molecule has 7 nitrogen and oxygen atoms in total. The van der Waals surface area contributed by atoms with Crippen molar-refractivity contribution in [1.29, 1.82) is 0 Å². The number of hydrogen-bond donors (Lipinski definition) is 0. The first-order valence-corrected chi connectivity index (χ1v) is 8.74. The van der Waals surface area contributed by atoms with E-state index < -0.39 is 16.8 Å². The molecule has 0 radical (unpaired) electrons. The summed E-state index contributed by atoms with van der Waals surface area (Å²) in [6, 6.07) is 7.13. The van der Waals surface area contributed by atoms with Gasteiger partial charge >= 0.3 is 6.18 Å². The summed E-state index contributed by atoms with van der Waals surface area (Å²) in [6.45, 7) is 1.13. The lowest BCUT2D eigenvalue weighted by atomic mass is 10.0. The maximum Gasteiger partial charge on any atom is 0.435 e. The topological polar surface area (TPSA) is 77.1 Å². The number of halogens is 3. The first-order chi connectivity index (χ1) is 13.3. The SMILES string of the molecule is O=[N+]([O-])c1ccc(N2CCCC(n3ccc(C(F)(F)F)n3)C2)c2ncccc12. The summed E-state index contributed by atoms with van der Waals surface area (Å²) in [5.41, 5.74) is 0.303. The maximum atomic E-state index is 12.8. The highest BCUT2D eigenvalue weighted by atomic mass is 19.4. The van der Waals surface area contributed by atoms with E-state index in [2.05, 4.69) is 10.1 Å². The average Bonchev–Trinajstić information content (AvgIpc) is 3.18. The minimum absolute atomic E-state index is 0.0256. The molecule has 3 heterocycles. The summed E-state index contributed by atoms with van der Waals surface area (Å²) in [4.78, 5) is 17.2. The molecule has 28 heavy (non-hydrogen) atoms. The molecule has 146 valence electrons. The first-order valence-electron chi connectivity index (χ1n) is 8.74. The molecule has 1 saturated heterocycles. The second kappa shape index (κ2) is 6.77. The van der Waals surface area contributed by atoms with Crippen molar-refractivity contribution in [2.24, 2.45) is 0 Å². The molecule has 0 amide bonds. The van der Waals surface area contributed by atoms with E-state index in [0.29, 0.717) is 30.4 Å². The van der Waals surface area contributed by atoms with Crippen LogP contribution in [0, 0.1) is 10.1 Å². The van der Waals surface area contributed by atoms with Crippen LogP contribution in [-0.4, -0.2) is 32.8 Å². The van der Waals surface area contributed by atoms with E-state index in [1.165, 1.54) is 16.9 Å². The van der Waals surface area contributed by atoms with E-state index in [4.69, 9.17) is 0 Å². The van der Waals surface area contributed by atoms with Crippen LogP contribution in [0.5, 0.6) is 0 Å². The third-order valence-corrected chi connectivity index (χ3v) is 4.93. The first kappa shape index (κ1) is 18.2. The summed E-state index contributed by atoms with van der Waals surface area (Å²) in [5, 5.41) is 15.4. The number of nitro benzene ring substituents is 1. The van der Waals surface area contributed by atoms with Crippen molar-refractivity contribution in [2.45, 2.75) is 25.1 Å². The molecule has 0 saturated carbocycles. The Balaban J connectivity index is 1.66. The van der Waals surface area contributed by atoms with Gasteiger partial charge in [0.25, 0.3) is 5.69 Å². The summed E-state index contributed by atoms with van der Waals surface area (Å²) >= 11 is 0. The molecule has 1 atom stereocenters. The van der Waals surface area contributed by atoms with Gasteiger partial charge in [0.15, 0.2) is 5.69 Å². The van der Waals surface area contributed by atoms with Crippen LogP contribution in [-0.2, 0) is 6.18 Å². The van der Waals surface area contributed by atoms with Gasteiger partial charge in [-0.3, -0.25) is 19.8 Å². The Bertz CT molecular complexity index is 1030. The van der Waals surface area contributed by atoms with Crippen molar-refractivity contribution < 1.29 is 18.1 Å². The van der Waals surface area contributed by atoms with Crippen molar-refractivity contribution in [3.63, 3.8) is 0 Å². The Kier molecular flexibility index (Phi) is 4.40. The fourth-order valence-electron chi connectivity index (χ4n) is 3.64. The molecule has 1 aliphatic rings. The number of anilines is 1. The van der Waals surface area contributed by atoms with E-state index in [1.807, 2.05) is 4.90 Å². The number of pyridine rings is 1. The molecule has 1 aliphatic heterocycles. The molecule has 1 fully saturated rings. The highest BCUT2D eigenvalue weighted by molar-refractivity contribution is 5.97. The van der Waals surface area contributed by atoms with Crippen LogP contribution in [0.2, 0.25) is 0 Å².